The summed E-state index contributed by atoms with van der Waals surface area (Å²) in [6, 6.07) is 7.75. The lowest BCUT2D eigenvalue weighted by atomic mass is 9.80. The first-order valence-corrected chi connectivity index (χ1v) is 10.5. The van der Waals surface area contributed by atoms with Crippen molar-refractivity contribution in [3.05, 3.63) is 71.1 Å². The second-order valence-electron chi connectivity index (χ2n) is 8.53. The highest BCUT2D eigenvalue weighted by Gasteiger charge is 2.46. The molecule has 3 aromatic rings. The van der Waals surface area contributed by atoms with Crippen LogP contribution in [-0.2, 0) is 30.4 Å². The lowest BCUT2D eigenvalue weighted by Gasteiger charge is -2.34. The summed E-state index contributed by atoms with van der Waals surface area (Å²) in [4.78, 5) is 28.5. The van der Waals surface area contributed by atoms with Gasteiger partial charge < -0.3 is 19.5 Å². The summed E-state index contributed by atoms with van der Waals surface area (Å²) >= 11 is 0. The van der Waals surface area contributed by atoms with Crippen molar-refractivity contribution in [3.8, 4) is 0 Å². The zero-order valence-electron chi connectivity index (χ0n) is 17.8. The summed E-state index contributed by atoms with van der Waals surface area (Å²) in [5.41, 5.74) is 4.63. The normalized spacial score (nSPS) is 20.1. The smallest absolute Gasteiger partial charge is 0.253 e. The lowest BCUT2D eigenvalue weighted by molar-refractivity contribution is 0.0485. The molecule has 1 saturated heterocycles. The molecule has 2 aliphatic heterocycles. The van der Waals surface area contributed by atoms with Crippen LogP contribution in [0.2, 0.25) is 0 Å². The van der Waals surface area contributed by atoms with Crippen molar-refractivity contribution in [1.29, 1.82) is 0 Å². The van der Waals surface area contributed by atoms with Crippen molar-refractivity contribution in [2.45, 2.75) is 31.9 Å². The maximum atomic E-state index is 13.1. The van der Waals surface area contributed by atoms with Gasteiger partial charge in [0.25, 0.3) is 5.91 Å². The van der Waals surface area contributed by atoms with E-state index in [0.717, 1.165) is 34.5 Å². The molecule has 1 fully saturated rings. The van der Waals surface area contributed by atoms with Crippen LogP contribution in [0.5, 0.6) is 0 Å². The van der Waals surface area contributed by atoms with E-state index in [1.54, 1.807) is 6.33 Å². The summed E-state index contributed by atoms with van der Waals surface area (Å²) in [5.74, 6) is 0.650. The summed E-state index contributed by atoms with van der Waals surface area (Å²) in [5, 5.41) is 3.31. The van der Waals surface area contributed by atoms with Gasteiger partial charge in [-0.2, -0.15) is 0 Å². The van der Waals surface area contributed by atoms with E-state index in [1.807, 2.05) is 60.1 Å². The maximum Gasteiger partial charge on any atom is 0.253 e. The van der Waals surface area contributed by atoms with Gasteiger partial charge >= 0.3 is 0 Å². The minimum absolute atomic E-state index is 0.0626. The standard InChI is InChI=1S/C23H26N6O2/c1-16-3-5-17(6-4-16)21(30)29-8-7-23(13-29)14-31-12-18-9-25-22(27-20(18)23)26-11-19-10-24-15-28(19)2/h3-6,9-10,15H,7-8,11-14H2,1-2H3,(H,25,26,27). The van der Waals surface area contributed by atoms with Crippen molar-refractivity contribution in [3.63, 3.8) is 0 Å². The molecule has 4 heterocycles. The number of nitrogens with zero attached hydrogens (tertiary/aromatic N) is 5. The number of amides is 1. The molecule has 8 heteroatoms. The van der Waals surface area contributed by atoms with Crippen molar-refractivity contribution in [2.75, 3.05) is 25.0 Å². The van der Waals surface area contributed by atoms with E-state index in [9.17, 15) is 4.79 Å². The lowest BCUT2D eigenvalue weighted by Crippen LogP contribution is -2.41. The van der Waals surface area contributed by atoms with E-state index in [0.29, 0.717) is 38.8 Å². The SMILES string of the molecule is Cc1ccc(C(=O)N2CCC3(COCc4cnc(NCc5cncn5C)nc43)C2)cc1. The monoisotopic (exact) mass is 418 g/mol. The number of hydrogen-bond acceptors (Lipinski definition) is 6. The van der Waals surface area contributed by atoms with Gasteiger partial charge in [-0.1, -0.05) is 17.7 Å². The Labute approximate surface area is 181 Å². The van der Waals surface area contributed by atoms with Crippen LogP contribution in [0, 0.1) is 6.92 Å². The fourth-order valence-corrected chi connectivity index (χ4v) is 4.44. The van der Waals surface area contributed by atoms with Gasteiger partial charge in [-0.05, 0) is 25.5 Å². The molecule has 0 aliphatic carbocycles. The zero-order chi connectivity index (χ0) is 21.4. The van der Waals surface area contributed by atoms with Gasteiger partial charge in [0.15, 0.2) is 0 Å². The Morgan fingerprint density at radius 1 is 1.26 bits per heavy atom. The first-order chi connectivity index (χ1) is 15.0. The number of carbonyl (C=O) groups excluding carboxylic acids is 1. The van der Waals surface area contributed by atoms with Gasteiger partial charge in [0.2, 0.25) is 5.95 Å². The highest BCUT2D eigenvalue weighted by atomic mass is 16.5. The summed E-state index contributed by atoms with van der Waals surface area (Å²) in [6.07, 6.45) is 6.27. The van der Waals surface area contributed by atoms with Crippen molar-refractivity contribution < 1.29 is 9.53 Å². The molecule has 8 nitrogen and oxygen atoms in total. The third kappa shape index (κ3) is 3.67. The number of benzene rings is 1. The van der Waals surface area contributed by atoms with E-state index in [-0.39, 0.29) is 11.3 Å². The van der Waals surface area contributed by atoms with Crippen LogP contribution >= 0.6 is 0 Å². The molecule has 1 atom stereocenters. The third-order valence-corrected chi connectivity index (χ3v) is 6.29. The number of likely N-dealkylation sites (tertiary alicyclic amines) is 1. The molecule has 1 amide bonds. The largest absolute Gasteiger partial charge is 0.376 e. The molecule has 31 heavy (non-hydrogen) atoms. The summed E-state index contributed by atoms with van der Waals surface area (Å²) < 4.78 is 7.87. The molecule has 160 valence electrons. The molecule has 1 aromatic carbocycles. The van der Waals surface area contributed by atoms with E-state index in [4.69, 9.17) is 9.72 Å². The fraction of sp³-hybridized carbons (Fsp3) is 0.391. The highest BCUT2D eigenvalue weighted by molar-refractivity contribution is 5.94. The molecule has 1 unspecified atom stereocenters. The Hall–Kier alpha value is -3.26. The van der Waals surface area contributed by atoms with Gasteiger partial charge in [0.05, 0.1) is 42.9 Å². The number of ether oxygens (including phenoxy) is 1. The van der Waals surface area contributed by atoms with E-state index in [1.165, 1.54) is 0 Å². The van der Waals surface area contributed by atoms with Gasteiger partial charge in [-0.15, -0.1) is 0 Å². The molecule has 0 radical (unpaired) electrons. The minimum atomic E-state index is -0.292. The third-order valence-electron chi connectivity index (χ3n) is 6.29. The average molecular weight is 419 g/mol. The van der Waals surface area contributed by atoms with Gasteiger partial charge in [0, 0.05) is 43.7 Å². The number of aryl methyl sites for hydroxylation is 2. The number of imidazole rings is 1. The Morgan fingerprint density at radius 2 is 2.10 bits per heavy atom. The Balaban J connectivity index is 1.37. The number of carbonyl (C=O) groups is 1. The van der Waals surface area contributed by atoms with Gasteiger partial charge in [-0.3, -0.25) is 4.79 Å². The van der Waals surface area contributed by atoms with Gasteiger partial charge in [-0.25, -0.2) is 15.0 Å². The Morgan fingerprint density at radius 3 is 2.87 bits per heavy atom. The number of hydrogen-bond donors (Lipinski definition) is 1. The van der Waals surface area contributed by atoms with Crippen LogP contribution in [0.25, 0.3) is 0 Å². The molecule has 1 spiro atoms. The highest BCUT2D eigenvalue weighted by Crippen LogP contribution is 2.39. The van der Waals surface area contributed by atoms with Crippen LogP contribution < -0.4 is 5.32 Å². The van der Waals surface area contributed by atoms with Gasteiger partial charge in [0.1, 0.15) is 0 Å². The quantitative estimate of drug-likeness (QED) is 0.701. The number of rotatable bonds is 4. The number of nitrogens with one attached hydrogen (secondary N) is 1. The van der Waals surface area contributed by atoms with Crippen LogP contribution in [0.15, 0.2) is 43.0 Å². The van der Waals surface area contributed by atoms with Crippen LogP contribution in [0.4, 0.5) is 5.95 Å². The van der Waals surface area contributed by atoms with Crippen molar-refractivity contribution in [1.82, 2.24) is 24.4 Å². The van der Waals surface area contributed by atoms with E-state index < -0.39 is 0 Å². The molecule has 0 bridgehead atoms. The molecular weight excluding hydrogens is 392 g/mol. The van der Waals surface area contributed by atoms with E-state index >= 15 is 0 Å². The Bertz CT molecular complexity index is 1110. The fourth-order valence-electron chi connectivity index (χ4n) is 4.44. The predicted molar refractivity (Wildman–Crippen MR) is 116 cm³/mol. The van der Waals surface area contributed by atoms with Crippen LogP contribution in [0.1, 0.15) is 39.3 Å². The number of aromatic nitrogens is 4. The van der Waals surface area contributed by atoms with E-state index in [2.05, 4.69) is 15.3 Å². The number of fused-ring (bicyclic) bond motifs is 2. The first kappa shape index (κ1) is 19.7. The second-order valence-corrected chi connectivity index (χ2v) is 8.53. The molecule has 0 saturated carbocycles. The summed E-state index contributed by atoms with van der Waals surface area (Å²) in [6.45, 7) is 4.98. The topological polar surface area (TPSA) is 85.2 Å². The number of anilines is 1. The molecule has 5 rings (SSSR count). The first-order valence-electron chi connectivity index (χ1n) is 10.5. The molecule has 1 N–H and O–H groups in total. The molecule has 2 aliphatic rings. The minimum Gasteiger partial charge on any atom is -0.376 e. The molecular formula is C23H26N6O2. The second kappa shape index (κ2) is 7.77. The Kier molecular flexibility index (Phi) is 4.94. The summed E-state index contributed by atoms with van der Waals surface area (Å²) in [7, 11) is 1.96. The maximum absolute atomic E-state index is 13.1. The predicted octanol–water partition coefficient (Wildman–Crippen LogP) is 2.44. The van der Waals surface area contributed by atoms with Crippen molar-refractivity contribution >= 4 is 11.9 Å². The zero-order valence-corrected chi connectivity index (χ0v) is 17.8. The average Bonchev–Trinajstić information content (AvgIpc) is 3.39. The van der Waals surface area contributed by atoms with Crippen LogP contribution in [-0.4, -0.2) is 50.0 Å². The molecule has 2 aromatic heterocycles. The van der Waals surface area contributed by atoms with Crippen molar-refractivity contribution in [2.24, 2.45) is 7.05 Å². The van der Waals surface area contributed by atoms with Crippen LogP contribution in [0.3, 0.4) is 0 Å².